The van der Waals surface area contributed by atoms with Gasteiger partial charge < -0.3 is 10.2 Å². The molecule has 0 saturated heterocycles. The molecule has 3 N–H and O–H groups in total. The highest BCUT2D eigenvalue weighted by atomic mass is 31.2. The molecule has 0 radical (unpaired) electrons. The van der Waals surface area contributed by atoms with Crippen molar-refractivity contribution in [2.75, 3.05) is 26.8 Å². The van der Waals surface area contributed by atoms with E-state index in [1.54, 1.807) is 0 Å². The number of hydrogen-bond donors (Lipinski definition) is 2. The minimum absolute atomic E-state index is 0.0119. The van der Waals surface area contributed by atoms with E-state index >= 15 is 0 Å². The number of phosphoric ester groups is 1. The molecular formula is C28H59NO5P+. The molecule has 0 aliphatic heterocycles. The van der Waals surface area contributed by atoms with E-state index in [2.05, 4.69) is 6.92 Å². The Morgan fingerprint density at radius 2 is 1.26 bits per heavy atom. The third-order valence-corrected chi connectivity index (χ3v) is 7.73. The van der Waals surface area contributed by atoms with Gasteiger partial charge in [-0.25, -0.2) is 4.57 Å². The number of Topliss-reactive ketones (excluding diaryl/α,β-unsaturated/α-hetero) is 1. The van der Waals surface area contributed by atoms with Gasteiger partial charge in [0.05, 0.1) is 26.8 Å². The predicted octanol–water partition coefficient (Wildman–Crippen LogP) is 7.34. The first-order valence-corrected chi connectivity index (χ1v) is 16.4. The van der Waals surface area contributed by atoms with Gasteiger partial charge in [-0.15, -0.1) is 0 Å². The number of phosphoric acid groups is 1. The number of nitrogens with two attached hydrogens (primary N) is 1. The maximum Gasteiger partial charge on any atom is 0.472 e. The number of unbranched alkanes of at least 4 members (excludes halogenated alkanes) is 15. The Labute approximate surface area is 217 Å². The van der Waals surface area contributed by atoms with E-state index in [0.29, 0.717) is 19.3 Å². The van der Waals surface area contributed by atoms with Gasteiger partial charge in [-0.1, -0.05) is 117 Å². The summed E-state index contributed by atoms with van der Waals surface area (Å²) in [6.45, 7) is 5.29. The van der Waals surface area contributed by atoms with Crippen LogP contribution >= 0.6 is 7.82 Å². The van der Waals surface area contributed by atoms with Gasteiger partial charge in [0.1, 0.15) is 5.78 Å². The summed E-state index contributed by atoms with van der Waals surface area (Å²) in [6.07, 6.45) is 23.8. The summed E-state index contributed by atoms with van der Waals surface area (Å²) in [5, 5.41) is 2.00. The summed E-state index contributed by atoms with van der Waals surface area (Å²) in [5.41, 5.74) is 0. The Kier molecular flexibility index (Phi) is 25.2. The Morgan fingerprint density at radius 3 is 1.71 bits per heavy atom. The van der Waals surface area contributed by atoms with E-state index in [0.717, 1.165) is 25.8 Å². The topological polar surface area (TPSA) is 89.4 Å². The van der Waals surface area contributed by atoms with Crippen molar-refractivity contribution in [1.82, 2.24) is 0 Å². The maximum absolute atomic E-state index is 12.1. The summed E-state index contributed by atoms with van der Waals surface area (Å²) in [4.78, 5) is 21.8. The van der Waals surface area contributed by atoms with Crippen LogP contribution in [0.1, 0.15) is 142 Å². The highest BCUT2D eigenvalue weighted by Crippen LogP contribution is 2.44. The van der Waals surface area contributed by atoms with Crippen molar-refractivity contribution in [3.8, 4) is 0 Å². The zero-order valence-electron chi connectivity index (χ0n) is 23.4. The molecule has 35 heavy (non-hydrogen) atoms. The van der Waals surface area contributed by atoms with Crippen molar-refractivity contribution in [2.45, 2.75) is 142 Å². The van der Waals surface area contributed by atoms with Crippen molar-refractivity contribution in [3.05, 3.63) is 0 Å². The molecule has 0 aromatic carbocycles. The normalized spacial score (nSPS) is 14.2. The molecule has 2 atom stereocenters. The highest BCUT2D eigenvalue weighted by Gasteiger charge is 2.24. The van der Waals surface area contributed by atoms with Crippen molar-refractivity contribution in [1.29, 1.82) is 0 Å². The lowest BCUT2D eigenvalue weighted by atomic mass is 9.95. The molecule has 0 fully saturated rings. The Balaban J connectivity index is 3.80. The fourth-order valence-corrected chi connectivity index (χ4v) is 5.23. The molecule has 0 aromatic heterocycles. The van der Waals surface area contributed by atoms with E-state index in [1.165, 1.54) is 89.9 Å². The summed E-state index contributed by atoms with van der Waals surface area (Å²) < 4.78 is 22.3. The summed E-state index contributed by atoms with van der Waals surface area (Å²) in [5.74, 6) is 0.171. The number of quaternary nitrogens is 1. The SMILES string of the molecule is CCCCCCCCCCCCCCCCCCC(COP(=O)(O)OCCC[NH2+]C)CC(=O)CC. The van der Waals surface area contributed by atoms with Crippen LogP contribution in [0.4, 0.5) is 0 Å². The van der Waals surface area contributed by atoms with Gasteiger partial charge in [0.25, 0.3) is 0 Å². The van der Waals surface area contributed by atoms with Crippen LogP contribution in [0.2, 0.25) is 0 Å². The van der Waals surface area contributed by atoms with Gasteiger partial charge in [0.2, 0.25) is 0 Å². The van der Waals surface area contributed by atoms with Crippen LogP contribution in [0.3, 0.4) is 0 Å². The van der Waals surface area contributed by atoms with Crippen molar-refractivity contribution < 1.29 is 28.6 Å². The standard InChI is InChI=1S/C28H58NO5P/c1-4-6-7-8-9-10-11-12-13-14-15-16-17-18-19-20-22-27(25-28(30)5-2)26-34-35(31,32)33-24-21-23-29-3/h27,29H,4-26H2,1-3H3,(H,31,32)/p+1. The Hall–Kier alpha value is -0.260. The first-order valence-electron chi connectivity index (χ1n) is 14.9. The van der Waals surface area contributed by atoms with Crippen LogP contribution < -0.4 is 5.32 Å². The van der Waals surface area contributed by atoms with E-state index in [-0.39, 0.29) is 24.9 Å². The molecular weight excluding hydrogens is 461 g/mol. The molecule has 0 bridgehead atoms. The smallest absolute Gasteiger partial charge is 0.349 e. The van der Waals surface area contributed by atoms with Crippen LogP contribution in [-0.2, 0) is 18.4 Å². The van der Waals surface area contributed by atoms with E-state index in [9.17, 15) is 14.3 Å². The zero-order chi connectivity index (χ0) is 26.0. The molecule has 0 saturated carbocycles. The monoisotopic (exact) mass is 520 g/mol. The molecule has 0 heterocycles. The van der Waals surface area contributed by atoms with E-state index < -0.39 is 7.82 Å². The molecule has 0 rings (SSSR count). The lowest BCUT2D eigenvalue weighted by molar-refractivity contribution is -0.627. The van der Waals surface area contributed by atoms with Crippen molar-refractivity contribution in [2.24, 2.45) is 5.92 Å². The highest BCUT2D eigenvalue weighted by molar-refractivity contribution is 7.47. The predicted molar refractivity (Wildman–Crippen MR) is 147 cm³/mol. The van der Waals surface area contributed by atoms with Crippen LogP contribution in [0, 0.1) is 5.92 Å². The second kappa shape index (κ2) is 25.4. The third-order valence-electron chi connectivity index (χ3n) is 6.74. The van der Waals surface area contributed by atoms with Gasteiger partial charge >= 0.3 is 7.82 Å². The maximum atomic E-state index is 12.1. The Morgan fingerprint density at radius 1 is 0.771 bits per heavy atom. The quantitative estimate of drug-likeness (QED) is 0.0832. The van der Waals surface area contributed by atoms with Crippen LogP contribution in [-0.4, -0.2) is 37.5 Å². The molecule has 0 amide bonds. The average Bonchev–Trinajstić information content (AvgIpc) is 2.84. The third kappa shape index (κ3) is 25.2. The van der Waals surface area contributed by atoms with Gasteiger partial charge in [-0.2, -0.15) is 0 Å². The molecule has 210 valence electrons. The van der Waals surface area contributed by atoms with Gasteiger partial charge in [-0.3, -0.25) is 13.8 Å². The molecule has 2 unspecified atom stereocenters. The molecule has 0 aliphatic carbocycles. The second-order valence-corrected chi connectivity index (χ2v) is 11.7. The Bertz CT molecular complexity index is 518. The summed E-state index contributed by atoms with van der Waals surface area (Å²) in [7, 11) is -2.09. The average molecular weight is 521 g/mol. The van der Waals surface area contributed by atoms with Gasteiger partial charge in [-0.05, 0) is 12.3 Å². The lowest BCUT2D eigenvalue weighted by Gasteiger charge is -2.18. The number of hydrogen-bond acceptors (Lipinski definition) is 4. The van der Waals surface area contributed by atoms with Crippen LogP contribution in [0.5, 0.6) is 0 Å². The molecule has 0 aliphatic rings. The summed E-state index contributed by atoms with van der Waals surface area (Å²) >= 11 is 0. The number of carbonyl (C=O) groups is 1. The molecule has 7 heteroatoms. The van der Waals surface area contributed by atoms with Crippen LogP contribution in [0.25, 0.3) is 0 Å². The minimum Gasteiger partial charge on any atom is -0.349 e. The van der Waals surface area contributed by atoms with E-state index in [1.807, 2.05) is 19.3 Å². The molecule has 0 spiro atoms. The number of ketones is 1. The first kappa shape index (κ1) is 34.7. The van der Waals surface area contributed by atoms with Crippen molar-refractivity contribution >= 4 is 13.6 Å². The first-order chi connectivity index (χ1) is 16.9. The van der Waals surface area contributed by atoms with E-state index in [4.69, 9.17) is 9.05 Å². The minimum atomic E-state index is -4.04. The number of carbonyl (C=O) groups excluding carboxylic acids is 1. The number of rotatable bonds is 28. The van der Waals surface area contributed by atoms with Crippen molar-refractivity contribution in [3.63, 3.8) is 0 Å². The molecule has 6 nitrogen and oxygen atoms in total. The second-order valence-electron chi connectivity index (χ2n) is 10.2. The zero-order valence-corrected chi connectivity index (χ0v) is 24.3. The summed E-state index contributed by atoms with van der Waals surface area (Å²) in [6, 6.07) is 0. The lowest BCUT2D eigenvalue weighted by Crippen LogP contribution is -2.79. The van der Waals surface area contributed by atoms with Gasteiger partial charge in [0.15, 0.2) is 0 Å². The van der Waals surface area contributed by atoms with Gasteiger partial charge in [0, 0.05) is 19.3 Å². The van der Waals surface area contributed by atoms with Crippen LogP contribution in [0.15, 0.2) is 0 Å². The fraction of sp³-hybridized carbons (Fsp3) is 0.964. The fourth-order valence-electron chi connectivity index (χ4n) is 4.40. The molecule has 0 aromatic rings. The largest absolute Gasteiger partial charge is 0.472 e.